The van der Waals surface area contributed by atoms with Gasteiger partial charge in [-0.15, -0.1) is 0 Å². The van der Waals surface area contributed by atoms with Crippen molar-refractivity contribution in [3.63, 3.8) is 0 Å². The van der Waals surface area contributed by atoms with Gasteiger partial charge in [0.15, 0.2) is 5.16 Å². The van der Waals surface area contributed by atoms with E-state index in [1.807, 2.05) is 20.8 Å². The summed E-state index contributed by atoms with van der Waals surface area (Å²) in [6.45, 7) is 6.85. The van der Waals surface area contributed by atoms with Gasteiger partial charge < -0.3 is 4.74 Å². The maximum atomic E-state index is 13.0. The van der Waals surface area contributed by atoms with E-state index in [-0.39, 0.29) is 23.2 Å². The normalized spacial score (nSPS) is 17.8. The van der Waals surface area contributed by atoms with Gasteiger partial charge in [-0.05, 0) is 31.0 Å². The van der Waals surface area contributed by atoms with Crippen molar-refractivity contribution in [3.8, 4) is 0 Å². The number of fused-ring (bicyclic) bond motifs is 1. The number of hydrogen-bond donors (Lipinski definition) is 0. The number of benzene rings is 1. The molecular formula is C19H23ClN2O3S. The van der Waals surface area contributed by atoms with Crippen molar-refractivity contribution in [2.45, 2.75) is 51.4 Å². The molecule has 3 rings (SSSR count). The predicted molar refractivity (Wildman–Crippen MR) is 105 cm³/mol. The molecule has 0 radical (unpaired) electrons. The minimum atomic E-state index is -0.424. The quantitative estimate of drug-likeness (QED) is 0.567. The molecule has 0 unspecified atom stereocenters. The van der Waals surface area contributed by atoms with Gasteiger partial charge in [0.1, 0.15) is 5.78 Å². The van der Waals surface area contributed by atoms with Gasteiger partial charge in [-0.1, -0.05) is 44.1 Å². The topological polar surface area (TPSA) is 61.2 Å². The molecule has 0 aliphatic carbocycles. The second-order valence-electron chi connectivity index (χ2n) is 7.57. The largest absolute Gasteiger partial charge is 0.376 e. The minimum Gasteiger partial charge on any atom is -0.376 e. The molecule has 1 atom stereocenters. The van der Waals surface area contributed by atoms with E-state index in [2.05, 4.69) is 4.98 Å². The van der Waals surface area contributed by atoms with Gasteiger partial charge in [0.25, 0.3) is 5.56 Å². The van der Waals surface area contributed by atoms with Gasteiger partial charge in [0.05, 0.1) is 29.3 Å². The van der Waals surface area contributed by atoms with E-state index in [1.54, 1.807) is 22.8 Å². The average Bonchev–Trinajstić information content (AvgIpc) is 3.07. The van der Waals surface area contributed by atoms with Crippen molar-refractivity contribution in [2.24, 2.45) is 5.41 Å². The summed E-state index contributed by atoms with van der Waals surface area (Å²) < 4.78 is 7.34. The van der Waals surface area contributed by atoms with Crippen molar-refractivity contribution in [1.82, 2.24) is 9.55 Å². The van der Waals surface area contributed by atoms with Crippen LogP contribution in [0.2, 0.25) is 5.02 Å². The van der Waals surface area contributed by atoms with Crippen LogP contribution in [0.5, 0.6) is 0 Å². The Balaban J connectivity index is 1.99. The average molecular weight is 395 g/mol. The summed E-state index contributed by atoms with van der Waals surface area (Å²) in [5.41, 5.74) is 0.0111. The molecule has 5 nitrogen and oxygen atoms in total. The SMILES string of the molecule is CC(C)(C)C(=O)CSc1nc2cc(Cl)ccc2c(=O)n1C[C@@H]1CCCO1. The number of thioether (sulfide) groups is 1. The monoisotopic (exact) mass is 394 g/mol. The van der Waals surface area contributed by atoms with Crippen molar-refractivity contribution in [3.05, 3.63) is 33.6 Å². The zero-order valence-electron chi connectivity index (χ0n) is 15.3. The lowest BCUT2D eigenvalue weighted by molar-refractivity contribution is -0.123. The van der Waals surface area contributed by atoms with Crippen LogP contribution >= 0.6 is 23.4 Å². The van der Waals surface area contributed by atoms with E-state index in [9.17, 15) is 9.59 Å². The molecule has 1 aromatic carbocycles. The minimum absolute atomic E-state index is 0.0110. The Hall–Kier alpha value is -1.37. The first kappa shape index (κ1) is 19.4. The van der Waals surface area contributed by atoms with Crippen LogP contribution in [0, 0.1) is 5.41 Å². The molecule has 0 saturated carbocycles. The lowest BCUT2D eigenvalue weighted by atomic mass is 9.92. The number of ether oxygens (including phenoxy) is 1. The highest BCUT2D eigenvalue weighted by atomic mass is 35.5. The predicted octanol–water partition coefficient (Wildman–Crippen LogP) is 3.94. The van der Waals surface area contributed by atoms with Gasteiger partial charge in [0.2, 0.25) is 0 Å². The van der Waals surface area contributed by atoms with Crippen LogP contribution in [-0.4, -0.2) is 33.8 Å². The van der Waals surface area contributed by atoms with Crippen molar-refractivity contribution >= 4 is 40.0 Å². The zero-order chi connectivity index (χ0) is 18.9. The summed E-state index contributed by atoms with van der Waals surface area (Å²) >= 11 is 7.36. The molecular weight excluding hydrogens is 372 g/mol. The lowest BCUT2D eigenvalue weighted by Gasteiger charge is -2.18. The van der Waals surface area contributed by atoms with E-state index in [0.717, 1.165) is 19.4 Å². The third-order valence-electron chi connectivity index (χ3n) is 4.46. The summed E-state index contributed by atoms with van der Waals surface area (Å²) in [5, 5.41) is 1.60. The summed E-state index contributed by atoms with van der Waals surface area (Å²) in [6, 6.07) is 5.08. The highest BCUT2D eigenvalue weighted by Crippen LogP contribution is 2.25. The number of rotatable bonds is 5. The molecule has 1 aliphatic heterocycles. The van der Waals surface area contributed by atoms with Gasteiger partial charge >= 0.3 is 0 Å². The fourth-order valence-electron chi connectivity index (χ4n) is 2.78. The molecule has 0 bridgehead atoms. The van der Waals surface area contributed by atoms with Gasteiger partial charge in [0, 0.05) is 17.0 Å². The Morgan fingerprint density at radius 1 is 1.42 bits per heavy atom. The Morgan fingerprint density at radius 3 is 2.85 bits per heavy atom. The standard InChI is InChI=1S/C19H23ClN2O3S/c1-19(2,3)16(23)11-26-18-21-15-9-12(20)6-7-14(15)17(24)22(18)10-13-5-4-8-25-13/h6-7,9,13H,4-5,8,10-11H2,1-3H3/t13-/m0/s1. The van der Waals surface area contributed by atoms with Crippen LogP contribution in [0.25, 0.3) is 10.9 Å². The molecule has 7 heteroatoms. The van der Waals surface area contributed by atoms with Gasteiger partial charge in [-0.2, -0.15) is 0 Å². The van der Waals surface area contributed by atoms with E-state index < -0.39 is 5.41 Å². The maximum absolute atomic E-state index is 13.0. The first-order valence-electron chi connectivity index (χ1n) is 8.73. The van der Waals surface area contributed by atoms with Crippen LogP contribution in [0.15, 0.2) is 28.2 Å². The molecule has 2 heterocycles. The number of carbonyl (C=O) groups excluding carboxylic acids is 1. The molecule has 0 spiro atoms. The molecule has 0 N–H and O–H groups in total. The first-order chi connectivity index (χ1) is 12.3. The fraction of sp³-hybridized carbons (Fsp3) is 0.526. The molecule has 1 aliphatic rings. The molecule has 1 fully saturated rings. The first-order valence-corrected chi connectivity index (χ1v) is 10.1. The Morgan fingerprint density at radius 2 is 2.19 bits per heavy atom. The summed E-state index contributed by atoms with van der Waals surface area (Å²) in [7, 11) is 0. The van der Waals surface area contributed by atoms with Crippen molar-refractivity contribution < 1.29 is 9.53 Å². The fourth-order valence-corrected chi connectivity index (χ4v) is 4.12. The number of nitrogens with zero attached hydrogens (tertiary/aromatic N) is 2. The number of halogens is 1. The van der Waals surface area contributed by atoms with Crippen LogP contribution in [0.3, 0.4) is 0 Å². The third-order valence-corrected chi connectivity index (χ3v) is 5.67. The molecule has 140 valence electrons. The second-order valence-corrected chi connectivity index (χ2v) is 8.95. The van der Waals surface area contributed by atoms with Crippen molar-refractivity contribution in [2.75, 3.05) is 12.4 Å². The zero-order valence-corrected chi connectivity index (χ0v) is 16.8. The number of aromatic nitrogens is 2. The number of Topliss-reactive ketones (excluding diaryl/α,β-unsaturated/α-hetero) is 1. The molecule has 2 aromatic rings. The third kappa shape index (κ3) is 4.30. The van der Waals surface area contributed by atoms with E-state index >= 15 is 0 Å². The van der Waals surface area contributed by atoms with Crippen LogP contribution in [0.4, 0.5) is 0 Å². The molecule has 1 aromatic heterocycles. The lowest BCUT2D eigenvalue weighted by Crippen LogP contribution is -2.29. The Bertz CT molecular complexity index is 883. The van der Waals surface area contributed by atoms with E-state index in [4.69, 9.17) is 16.3 Å². The Labute approximate surface area is 162 Å². The van der Waals surface area contributed by atoms with Gasteiger partial charge in [-0.25, -0.2) is 4.98 Å². The molecule has 1 saturated heterocycles. The second kappa shape index (κ2) is 7.71. The van der Waals surface area contributed by atoms with Crippen LogP contribution in [0.1, 0.15) is 33.6 Å². The van der Waals surface area contributed by atoms with Crippen molar-refractivity contribution in [1.29, 1.82) is 0 Å². The maximum Gasteiger partial charge on any atom is 0.262 e. The summed E-state index contributed by atoms with van der Waals surface area (Å²) in [5.74, 6) is 0.389. The van der Waals surface area contributed by atoms with Gasteiger partial charge in [-0.3, -0.25) is 14.2 Å². The smallest absolute Gasteiger partial charge is 0.262 e. The number of ketones is 1. The number of carbonyl (C=O) groups is 1. The highest BCUT2D eigenvalue weighted by molar-refractivity contribution is 7.99. The molecule has 26 heavy (non-hydrogen) atoms. The summed E-state index contributed by atoms with van der Waals surface area (Å²) in [4.78, 5) is 30.0. The number of hydrogen-bond acceptors (Lipinski definition) is 5. The van der Waals surface area contributed by atoms with E-state index in [1.165, 1.54) is 11.8 Å². The van der Waals surface area contributed by atoms with Crippen LogP contribution < -0.4 is 5.56 Å². The molecule has 0 amide bonds. The highest BCUT2D eigenvalue weighted by Gasteiger charge is 2.24. The van der Waals surface area contributed by atoms with Crippen LogP contribution in [-0.2, 0) is 16.1 Å². The Kier molecular flexibility index (Phi) is 5.75. The van der Waals surface area contributed by atoms with E-state index in [0.29, 0.717) is 27.6 Å². The summed E-state index contributed by atoms with van der Waals surface area (Å²) in [6.07, 6.45) is 1.94.